The van der Waals surface area contributed by atoms with Gasteiger partial charge >= 0.3 is 0 Å². The van der Waals surface area contributed by atoms with Crippen molar-refractivity contribution < 1.29 is 0 Å². The Balaban J connectivity index is 1.80. The lowest BCUT2D eigenvalue weighted by atomic mass is 9.93. The first-order valence-electron chi connectivity index (χ1n) is 6.34. The molecule has 2 rings (SSSR count). The molecule has 1 saturated carbocycles. The van der Waals surface area contributed by atoms with Crippen LogP contribution < -0.4 is 5.73 Å². The molecule has 0 radical (unpaired) electrons. The van der Waals surface area contributed by atoms with Gasteiger partial charge in [-0.15, -0.1) is 0 Å². The number of piperidine rings is 1. The Morgan fingerprint density at radius 1 is 1.07 bits per heavy atom. The van der Waals surface area contributed by atoms with Crippen LogP contribution in [0.4, 0.5) is 0 Å². The SMILES string of the molecule is NCCC1CCCN(C2CCCC2)C1. The van der Waals surface area contributed by atoms with Crippen molar-refractivity contribution in [2.45, 2.75) is 51.0 Å². The van der Waals surface area contributed by atoms with E-state index < -0.39 is 0 Å². The molecule has 0 bridgehead atoms. The predicted molar refractivity (Wildman–Crippen MR) is 60.2 cm³/mol. The maximum absolute atomic E-state index is 5.64. The summed E-state index contributed by atoms with van der Waals surface area (Å²) >= 11 is 0. The van der Waals surface area contributed by atoms with Crippen LogP contribution in [0.5, 0.6) is 0 Å². The molecular formula is C12H24N2. The third-order valence-electron chi connectivity index (χ3n) is 3.97. The van der Waals surface area contributed by atoms with Gasteiger partial charge in [-0.3, -0.25) is 0 Å². The molecule has 0 spiro atoms. The molecule has 1 aliphatic heterocycles. The van der Waals surface area contributed by atoms with E-state index in [1.54, 1.807) is 0 Å². The average molecular weight is 196 g/mol. The molecule has 2 aliphatic rings. The molecule has 14 heavy (non-hydrogen) atoms. The molecule has 0 aromatic rings. The monoisotopic (exact) mass is 196 g/mol. The van der Waals surface area contributed by atoms with Gasteiger partial charge in [-0.25, -0.2) is 0 Å². The predicted octanol–water partition coefficient (Wildman–Crippen LogP) is 1.99. The van der Waals surface area contributed by atoms with Gasteiger partial charge in [0.05, 0.1) is 0 Å². The normalized spacial score (nSPS) is 31.1. The number of nitrogens with zero attached hydrogens (tertiary/aromatic N) is 1. The van der Waals surface area contributed by atoms with Gasteiger partial charge in [-0.05, 0) is 51.1 Å². The quantitative estimate of drug-likeness (QED) is 0.748. The highest BCUT2D eigenvalue weighted by atomic mass is 15.2. The molecule has 82 valence electrons. The van der Waals surface area contributed by atoms with Crippen molar-refractivity contribution >= 4 is 0 Å². The van der Waals surface area contributed by atoms with Gasteiger partial charge in [0.1, 0.15) is 0 Å². The Hall–Kier alpha value is -0.0800. The smallest absolute Gasteiger partial charge is 0.00953 e. The summed E-state index contributed by atoms with van der Waals surface area (Å²) in [5.74, 6) is 0.898. The largest absolute Gasteiger partial charge is 0.330 e. The van der Waals surface area contributed by atoms with Gasteiger partial charge in [0.2, 0.25) is 0 Å². The lowest BCUT2D eigenvalue weighted by molar-refractivity contribution is 0.122. The van der Waals surface area contributed by atoms with E-state index in [2.05, 4.69) is 4.90 Å². The number of likely N-dealkylation sites (tertiary alicyclic amines) is 1. The van der Waals surface area contributed by atoms with Crippen LogP contribution in [0.2, 0.25) is 0 Å². The number of hydrogen-bond acceptors (Lipinski definition) is 2. The third-order valence-corrected chi connectivity index (χ3v) is 3.97. The zero-order valence-corrected chi connectivity index (χ0v) is 9.25. The van der Waals surface area contributed by atoms with Crippen LogP contribution in [0.3, 0.4) is 0 Å². The Labute approximate surface area is 87.8 Å². The zero-order chi connectivity index (χ0) is 9.80. The molecule has 1 aliphatic carbocycles. The lowest BCUT2D eigenvalue weighted by Crippen LogP contribution is -2.41. The second-order valence-electron chi connectivity index (χ2n) is 5.02. The molecule has 1 saturated heterocycles. The van der Waals surface area contributed by atoms with Crippen LogP contribution in [0.1, 0.15) is 44.9 Å². The molecule has 0 amide bonds. The number of nitrogens with two attached hydrogens (primary N) is 1. The van der Waals surface area contributed by atoms with Gasteiger partial charge in [-0.2, -0.15) is 0 Å². The van der Waals surface area contributed by atoms with Crippen LogP contribution >= 0.6 is 0 Å². The third kappa shape index (κ3) is 2.48. The minimum atomic E-state index is 0.878. The first-order valence-corrected chi connectivity index (χ1v) is 6.34. The van der Waals surface area contributed by atoms with E-state index >= 15 is 0 Å². The molecule has 2 heteroatoms. The van der Waals surface area contributed by atoms with E-state index in [0.717, 1.165) is 18.5 Å². The average Bonchev–Trinajstić information content (AvgIpc) is 2.71. The summed E-state index contributed by atoms with van der Waals surface area (Å²) in [4.78, 5) is 2.75. The second kappa shape index (κ2) is 5.13. The standard InChI is InChI=1S/C12H24N2/c13-8-7-11-4-3-9-14(10-11)12-5-1-2-6-12/h11-12H,1-10,13H2. The molecule has 2 N–H and O–H groups in total. The minimum Gasteiger partial charge on any atom is -0.330 e. The van der Waals surface area contributed by atoms with Crippen molar-refractivity contribution in [2.24, 2.45) is 11.7 Å². The molecule has 0 aromatic heterocycles. The Kier molecular flexibility index (Phi) is 3.82. The summed E-state index contributed by atoms with van der Waals surface area (Å²) in [6, 6.07) is 0.926. The van der Waals surface area contributed by atoms with Crippen LogP contribution in [0, 0.1) is 5.92 Å². The molecule has 2 fully saturated rings. The molecular weight excluding hydrogens is 172 g/mol. The summed E-state index contributed by atoms with van der Waals surface area (Å²) in [7, 11) is 0. The molecule has 2 nitrogen and oxygen atoms in total. The molecule has 1 atom stereocenters. The van der Waals surface area contributed by atoms with E-state index in [4.69, 9.17) is 5.73 Å². The van der Waals surface area contributed by atoms with E-state index in [0.29, 0.717) is 0 Å². The van der Waals surface area contributed by atoms with E-state index in [1.165, 1.54) is 58.0 Å². The fourth-order valence-electron chi connectivity index (χ4n) is 3.17. The molecule has 0 aromatic carbocycles. The highest BCUT2D eigenvalue weighted by molar-refractivity contribution is 4.82. The van der Waals surface area contributed by atoms with Crippen molar-refractivity contribution in [3.63, 3.8) is 0 Å². The summed E-state index contributed by atoms with van der Waals surface area (Å²) in [5.41, 5.74) is 5.64. The highest BCUT2D eigenvalue weighted by Gasteiger charge is 2.27. The van der Waals surface area contributed by atoms with Crippen molar-refractivity contribution in [3.8, 4) is 0 Å². The summed E-state index contributed by atoms with van der Waals surface area (Å²) in [5, 5.41) is 0. The lowest BCUT2D eigenvalue weighted by Gasteiger charge is -2.36. The van der Waals surface area contributed by atoms with E-state index in [9.17, 15) is 0 Å². The summed E-state index contributed by atoms with van der Waals surface area (Å²) < 4.78 is 0. The Bertz CT molecular complexity index is 162. The van der Waals surface area contributed by atoms with E-state index in [1.807, 2.05) is 0 Å². The van der Waals surface area contributed by atoms with Gasteiger partial charge in [0.25, 0.3) is 0 Å². The Morgan fingerprint density at radius 3 is 2.57 bits per heavy atom. The fourth-order valence-corrected chi connectivity index (χ4v) is 3.17. The van der Waals surface area contributed by atoms with Gasteiger partial charge < -0.3 is 10.6 Å². The minimum absolute atomic E-state index is 0.878. The van der Waals surface area contributed by atoms with Crippen molar-refractivity contribution in [2.75, 3.05) is 19.6 Å². The topological polar surface area (TPSA) is 29.3 Å². The number of rotatable bonds is 3. The second-order valence-corrected chi connectivity index (χ2v) is 5.02. The van der Waals surface area contributed by atoms with Gasteiger partial charge in [0.15, 0.2) is 0 Å². The fraction of sp³-hybridized carbons (Fsp3) is 1.00. The maximum atomic E-state index is 5.64. The van der Waals surface area contributed by atoms with Crippen LogP contribution in [-0.4, -0.2) is 30.6 Å². The maximum Gasteiger partial charge on any atom is 0.00953 e. The van der Waals surface area contributed by atoms with Crippen LogP contribution in [0.25, 0.3) is 0 Å². The van der Waals surface area contributed by atoms with E-state index in [-0.39, 0.29) is 0 Å². The number of hydrogen-bond donors (Lipinski definition) is 1. The summed E-state index contributed by atoms with van der Waals surface area (Å²) in [6.45, 7) is 3.57. The molecule has 1 heterocycles. The van der Waals surface area contributed by atoms with Gasteiger partial charge in [-0.1, -0.05) is 12.8 Å². The zero-order valence-electron chi connectivity index (χ0n) is 9.25. The van der Waals surface area contributed by atoms with Crippen LogP contribution in [0.15, 0.2) is 0 Å². The van der Waals surface area contributed by atoms with Crippen molar-refractivity contribution in [1.29, 1.82) is 0 Å². The van der Waals surface area contributed by atoms with Crippen molar-refractivity contribution in [1.82, 2.24) is 4.90 Å². The Morgan fingerprint density at radius 2 is 1.86 bits per heavy atom. The van der Waals surface area contributed by atoms with Gasteiger partial charge in [0, 0.05) is 12.6 Å². The van der Waals surface area contributed by atoms with Crippen LogP contribution in [-0.2, 0) is 0 Å². The first kappa shape index (κ1) is 10.4. The highest BCUT2D eigenvalue weighted by Crippen LogP contribution is 2.28. The van der Waals surface area contributed by atoms with Crippen molar-refractivity contribution in [3.05, 3.63) is 0 Å². The summed E-state index contributed by atoms with van der Waals surface area (Å²) in [6.07, 6.45) is 9.89. The first-order chi connectivity index (χ1) is 6.90. The molecule has 1 unspecified atom stereocenters.